The lowest BCUT2D eigenvalue weighted by Crippen LogP contribution is -2.26. The summed E-state index contributed by atoms with van der Waals surface area (Å²) < 4.78 is 1.55. The molecule has 0 aliphatic rings. The van der Waals surface area contributed by atoms with Gasteiger partial charge in [0.25, 0.3) is 5.56 Å². The van der Waals surface area contributed by atoms with Crippen LogP contribution < -0.4 is 10.5 Å². The summed E-state index contributed by atoms with van der Waals surface area (Å²) in [6, 6.07) is 1.67. The molecule has 108 valence electrons. The van der Waals surface area contributed by atoms with Gasteiger partial charge in [0.15, 0.2) is 0 Å². The molecule has 4 nitrogen and oxygen atoms in total. The van der Waals surface area contributed by atoms with Gasteiger partial charge >= 0.3 is 0 Å². The van der Waals surface area contributed by atoms with Crippen LogP contribution in [0.5, 0.6) is 0 Å². The van der Waals surface area contributed by atoms with Gasteiger partial charge in [-0.3, -0.25) is 4.79 Å². The first kappa shape index (κ1) is 16.0. The van der Waals surface area contributed by atoms with Crippen molar-refractivity contribution < 1.29 is 0 Å². The van der Waals surface area contributed by atoms with E-state index >= 15 is 0 Å². The molecule has 0 aliphatic heterocycles. The second-order valence-corrected chi connectivity index (χ2v) is 5.18. The highest BCUT2D eigenvalue weighted by atomic mass is 35.5. The molecule has 1 rings (SSSR count). The van der Waals surface area contributed by atoms with Gasteiger partial charge in [0.05, 0.1) is 11.9 Å². The molecular formula is C14H24ClN3O. The number of alkyl halides is 1. The van der Waals surface area contributed by atoms with E-state index in [1.54, 1.807) is 16.9 Å². The first-order chi connectivity index (χ1) is 9.19. The van der Waals surface area contributed by atoms with E-state index in [0.29, 0.717) is 6.54 Å². The van der Waals surface area contributed by atoms with Crippen molar-refractivity contribution in [3.63, 3.8) is 0 Å². The summed E-state index contributed by atoms with van der Waals surface area (Å²) in [4.78, 5) is 14.0. The molecule has 0 atom stereocenters. The third-order valence-corrected chi connectivity index (χ3v) is 3.38. The zero-order valence-corrected chi connectivity index (χ0v) is 12.7. The van der Waals surface area contributed by atoms with Crippen LogP contribution in [0.15, 0.2) is 17.1 Å². The number of hydrogen-bond acceptors (Lipinski definition) is 3. The van der Waals surface area contributed by atoms with Gasteiger partial charge in [-0.15, -0.1) is 11.6 Å². The van der Waals surface area contributed by atoms with Gasteiger partial charge in [0.1, 0.15) is 0 Å². The van der Waals surface area contributed by atoms with E-state index in [1.807, 2.05) is 7.05 Å². The third kappa shape index (κ3) is 5.64. The van der Waals surface area contributed by atoms with Crippen molar-refractivity contribution in [3.8, 4) is 0 Å². The average molecular weight is 286 g/mol. The smallest absolute Gasteiger partial charge is 0.268 e. The van der Waals surface area contributed by atoms with Crippen molar-refractivity contribution in [1.29, 1.82) is 0 Å². The quantitative estimate of drug-likeness (QED) is 0.517. The fourth-order valence-electron chi connectivity index (χ4n) is 1.97. The van der Waals surface area contributed by atoms with E-state index in [-0.39, 0.29) is 5.56 Å². The lowest BCUT2D eigenvalue weighted by Gasteiger charge is -2.17. The molecule has 0 aliphatic carbocycles. The normalized spacial score (nSPS) is 10.7. The van der Waals surface area contributed by atoms with Crippen molar-refractivity contribution in [1.82, 2.24) is 9.78 Å². The fourth-order valence-corrected chi connectivity index (χ4v) is 2.16. The summed E-state index contributed by atoms with van der Waals surface area (Å²) in [5.41, 5.74) is 0.878. The molecule has 0 amide bonds. The maximum absolute atomic E-state index is 11.9. The van der Waals surface area contributed by atoms with Crippen LogP contribution in [0.2, 0.25) is 0 Å². The fraction of sp³-hybridized carbons (Fsp3) is 0.714. The number of unbranched alkanes of at least 4 members (excludes halogenated alkanes) is 3. The number of halogens is 1. The minimum absolute atomic E-state index is 0.0159. The van der Waals surface area contributed by atoms with E-state index in [2.05, 4.69) is 16.9 Å². The third-order valence-electron chi connectivity index (χ3n) is 3.11. The zero-order valence-electron chi connectivity index (χ0n) is 11.9. The monoisotopic (exact) mass is 285 g/mol. The van der Waals surface area contributed by atoms with Crippen LogP contribution in [-0.4, -0.2) is 29.3 Å². The van der Waals surface area contributed by atoms with E-state index < -0.39 is 0 Å². The Morgan fingerprint density at radius 1 is 1.32 bits per heavy atom. The van der Waals surface area contributed by atoms with Gasteiger partial charge in [-0.1, -0.05) is 19.8 Å². The van der Waals surface area contributed by atoms with Crippen molar-refractivity contribution in [2.75, 3.05) is 24.4 Å². The predicted molar refractivity (Wildman–Crippen MR) is 81.2 cm³/mol. The minimum Gasteiger partial charge on any atom is -0.373 e. The molecule has 1 heterocycles. The van der Waals surface area contributed by atoms with Gasteiger partial charge in [-0.2, -0.15) is 5.10 Å². The van der Waals surface area contributed by atoms with Gasteiger partial charge in [0, 0.05) is 32.1 Å². The zero-order chi connectivity index (χ0) is 14.1. The van der Waals surface area contributed by atoms with Crippen molar-refractivity contribution in [2.24, 2.45) is 0 Å². The van der Waals surface area contributed by atoms with Crippen LogP contribution in [0, 0.1) is 0 Å². The maximum Gasteiger partial charge on any atom is 0.268 e. The molecular weight excluding hydrogens is 262 g/mol. The van der Waals surface area contributed by atoms with Crippen molar-refractivity contribution in [2.45, 2.75) is 45.6 Å². The molecule has 1 aromatic rings. The summed E-state index contributed by atoms with van der Waals surface area (Å²) in [6.45, 7) is 3.74. The summed E-state index contributed by atoms with van der Waals surface area (Å²) in [7, 11) is 1.98. The first-order valence-electron chi connectivity index (χ1n) is 7.03. The molecule has 0 unspecified atom stereocenters. The standard InChI is InChI=1S/C14H24ClN3O/c1-3-9-17(2)13-11-14(19)18(16-12-13)10-7-5-4-6-8-15/h11-12H,3-10H2,1-2H3. The Hall–Kier alpha value is -1.03. The number of nitrogens with zero attached hydrogens (tertiary/aromatic N) is 3. The van der Waals surface area contributed by atoms with E-state index in [1.165, 1.54) is 0 Å². The van der Waals surface area contributed by atoms with Gasteiger partial charge in [-0.05, 0) is 19.3 Å². The van der Waals surface area contributed by atoms with Crippen molar-refractivity contribution in [3.05, 3.63) is 22.6 Å². The Bertz CT molecular complexity index is 419. The van der Waals surface area contributed by atoms with Gasteiger partial charge < -0.3 is 4.90 Å². The Morgan fingerprint density at radius 2 is 2.05 bits per heavy atom. The molecule has 0 fully saturated rings. The molecule has 0 aromatic carbocycles. The van der Waals surface area contributed by atoms with Crippen molar-refractivity contribution >= 4 is 17.3 Å². The molecule has 0 bridgehead atoms. The number of hydrogen-bond donors (Lipinski definition) is 0. The second kappa shape index (κ2) is 8.97. The number of rotatable bonds is 9. The highest BCUT2D eigenvalue weighted by Crippen LogP contribution is 2.07. The number of aromatic nitrogens is 2. The van der Waals surface area contributed by atoms with Crippen LogP contribution in [0.3, 0.4) is 0 Å². The lowest BCUT2D eigenvalue weighted by molar-refractivity contribution is 0.519. The molecule has 0 spiro atoms. The summed E-state index contributed by atoms with van der Waals surface area (Å²) in [5, 5.41) is 4.24. The highest BCUT2D eigenvalue weighted by molar-refractivity contribution is 6.17. The second-order valence-electron chi connectivity index (χ2n) is 4.80. The molecule has 0 N–H and O–H groups in total. The van der Waals surface area contributed by atoms with E-state index in [4.69, 9.17) is 11.6 Å². The molecule has 0 radical (unpaired) electrons. The SMILES string of the molecule is CCCN(C)c1cnn(CCCCCCCl)c(=O)c1. The number of anilines is 1. The summed E-state index contributed by atoms with van der Waals surface area (Å²) >= 11 is 5.62. The minimum atomic E-state index is -0.0159. The highest BCUT2D eigenvalue weighted by Gasteiger charge is 2.03. The summed E-state index contributed by atoms with van der Waals surface area (Å²) in [5.74, 6) is 0.719. The molecule has 0 saturated carbocycles. The Morgan fingerprint density at radius 3 is 2.68 bits per heavy atom. The topological polar surface area (TPSA) is 38.1 Å². The Balaban J connectivity index is 2.50. The van der Waals surface area contributed by atoms with Gasteiger partial charge in [-0.25, -0.2) is 4.68 Å². The maximum atomic E-state index is 11.9. The van der Waals surface area contributed by atoms with Crippen LogP contribution in [-0.2, 0) is 6.54 Å². The lowest BCUT2D eigenvalue weighted by atomic mass is 10.2. The molecule has 0 saturated heterocycles. The van der Waals surface area contributed by atoms with E-state index in [0.717, 1.165) is 50.2 Å². The summed E-state index contributed by atoms with van der Waals surface area (Å²) in [6.07, 6.45) is 7.07. The molecule has 19 heavy (non-hydrogen) atoms. The van der Waals surface area contributed by atoms with Crippen LogP contribution >= 0.6 is 11.6 Å². The van der Waals surface area contributed by atoms with Gasteiger partial charge in [0.2, 0.25) is 0 Å². The first-order valence-corrected chi connectivity index (χ1v) is 7.56. The largest absolute Gasteiger partial charge is 0.373 e. The Kier molecular flexibility index (Phi) is 7.56. The molecule has 5 heteroatoms. The van der Waals surface area contributed by atoms with Crippen LogP contribution in [0.1, 0.15) is 39.0 Å². The van der Waals surface area contributed by atoms with Crippen LogP contribution in [0.25, 0.3) is 0 Å². The number of aryl methyl sites for hydroxylation is 1. The van der Waals surface area contributed by atoms with Crippen LogP contribution in [0.4, 0.5) is 5.69 Å². The predicted octanol–water partition coefficient (Wildman–Crippen LogP) is 2.89. The molecule has 1 aromatic heterocycles. The average Bonchev–Trinajstić information content (AvgIpc) is 2.40. The van der Waals surface area contributed by atoms with E-state index in [9.17, 15) is 4.79 Å². The Labute approximate surface area is 120 Å².